The van der Waals surface area contributed by atoms with Crippen molar-refractivity contribution in [3.63, 3.8) is 0 Å². The van der Waals surface area contributed by atoms with Crippen LogP contribution in [-0.2, 0) is 20.8 Å². The second-order valence-electron chi connectivity index (χ2n) is 5.03. The summed E-state index contributed by atoms with van der Waals surface area (Å²) < 4.78 is 11.0. The van der Waals surface area contributed by atoms with Gasteiger partial charge in [0.1, 0.15) is 17.2 Å². The molecule has 0 spiro atoms. The molecule has 1 aromatic heterocycles. The maximum atomic E-state index is 12.3. The van der Waals surface area contributed by atoms with E-state index in [-0.39, 0.29) is 18.1 Å². The lowest BCUT2D eigenvalue weighted by Crippen LogP contribution is -2.48. The van der Waals surface area contributed by atoms with Crippen LogP contribution in [0.5, 0.6) is 0 Å². The third-order valence-electron chi connectivity index (χ3n) is 3.31. The van der Waals surface area contributed by atoms with Crippen LogP contribution < -0.4 is 5.32 Å². The number of ether oxygens (including phenoxy) is 2. The molecule has 118 valence electrons. The Morgan fingerprint density at radius 1 is 1.71 bits per heavy atom. The predicted molar refractivity (Wildman–Crippen MR) is 81.2 cm³/mol. The molecule has 0 bridgehead atoms. The minimum Gasteiger partial charge on any atom is -0.372 e. The van der Waals surface area contributed by atoms with Crippen molar-refractivity contribution < 1.29 is 14.3 Å². The number of nitrogens with zero attached hydrogens (tertiary/aromatic N) is 2. The van der Waals surface area contributed by atoms with E-state index in [1.807, 2.05) is 19.2 Å². The summed E-state index contributed by atoms with van der Waals surface area (Å²) in [5.74, 6) is -0.00499. The first-order chi connectivity index (χ1) is 10.1. The first-order valence-corrected chi connectivity index (χ1v) is 8.13. The Kier molecular flexibility index (Phi) is 6.10. The van der Waals surface area contributed by atoms with E-state index in [2.05, 4.69) is 10.3 Å². The van der Waals surface area contributed by atoms with Crippen LogP contribution in [0.15, 0.2) is 5.38 Å². The second-order valence-corrected chi connectivity index (χ2v) is 5.92. The van der Waals surface area contributed by atoms with Gasteiger partial charge in [0.25, 0.3) is 5.91 Å². The SMILES string of the molecule is CCOC(C)c1nc(CN(C)C(=O)C2CNCCO2)cs1. The highest BCUT2D eigenvalue weighted by Gasteiger charge is 2.25. The molecule has 21 heavy (non-hydrogen) atoms. The molecule has 1 aliphatic heterocycles. The van der Waals surface area contributed by atoms with Gasteiger partial charge in [-0.2, -0.15) is 0 Å². The van der Waals surface area contributed by atoms with Gasteiger partial charge in [-0.3, -0.25) is 4.79 Å². The Morgan fingerprint density at radius 2 is 2.52 bits per heavy atom. The fourth-order valence-corrected chi connectivity index (χ4v) is 3.01. The average molecular weight is 313 g/mol. The minimum atomic E-state index is -0.385. The van der Waals surface area contributed by atoms with Crippen LogP contribution in [0.1, 0.15) is 30.7 Å². The monoisotopic (exact) mass is 313 g/mol. The Balaban J connectivity index is 1.89. The van der Waals surface area contributed by atoms with E-state index in [9.17, 15) is 4.79 Å². The first-order valence-electron chi connectivity index (χ1n) is 7.25. The number of nitrogens with one attached hydrogen (secondary N) is 1. The summed E-state index contributed by atoms with van der Waals surface area (Å²) in [4.78, 5) is 18.5. The summed E-state index contributed by atoms with van der Waals surface area (Å²) in [5, 5.41) is 6.09. The average Bonchev–Trinajstić information content (AvgIpc) is 2.96. The fourth-order valence-electron chi connectivity index (χ4n) is 2.19. The number of carbonyl (C=O) groups excluding carboxylic acids is 1. The molecule has 1 N–H and O–H groups in total. The van der Waals surface area contributed by atoms with E-state index in [0.717, 1.165) is 17.2 Å². The Labute approximate surface area is 129 Å². The number of carbonyl (C=O) groups is 1. The molecule has 1 aromatic rings. The quantitative estimate of drug-likeness (QED) is 0.854. The zero-order valence-electron chi connectivity index (χ0n) is 12.8. The van der Waals surface area contributed by atoms with E-state index < -0.39 is 0 Å². The first kappa shape index (κ1) is 16.4. The summed E-state index contributed by atoms with van der Waals surface area (Å²) in [7, 11) is 1.78. The summed E-state index contributed by atoms with van der Waals surface area (Å²) >= 11 is 1.57. The van der Waals surface area contributed by atoms with Gasteiger partial charge in [-0.1, -0.05) is 0 Å². The number of thiazole rings is 1. The number of hydrogen-bond donors (Lipinski definition) is 1. The topological polar surface area (TPSA) is 63.7 Å². The number of rotatable bonds is 6. The highest BCUT2D eigenvalue weighted by molar-refractivity contribution is 7.09. The molecule has 2 atom stereocenters. The molecule has 7 heteroatoms. The van der Waals surface area contributed by atoms with Crippen LogP contribution in [-0.4, -0.2) is 55.2 Å². The molecular weight excluding hydrogens is 290 g/mol. The summed E-state index contributed by atoms with van der Waals surface area (Å²) in [6.07, 6.45) is -0.384. The van der Waals surface area contributed by atoms with Crippen LogP contribution in [0.2, 0.25) is 0 Å². The lowest BCUT2D eigenvalue weighted by molar-refractivity contribution is -0.144. The summed E-state index contributed by atoms with van der Waals surface area (Å²) in [6, 6.07) is 0. The van der Waals surface area contributed by atoms with Crippen molar-refractivity contribution in [2.45, 2.75) is 32.6 Å². The third kappa shape index (κ3) is 4.47. The molecule has 2 rings (SSSR count). The molecule has 0 aromatic carbocycles. The van der Waals surface area contributed by atoms with Crippen molar-refractivity contribution in [1.29, 1.82) is 0 Å². The number of aromatic nitrogens is 1. The molecule has 1 saturated heterocycles. The van der Waals surface area contributed by atoms with Crippen molar-refractivity contribution in [3.8, 4) is 0 Å². The van der Waals surface area contributed by atoms with Crippen molar-refractivity contribution in [2.75, 3.05) is 33.4 Å². The van der Waals surface area contributed by atoms with Crippen molar-refractivity contribution in [2.24, 2.45) is 0 Å². The van der Waals surface area contributed by atoms with Gasteiger partial charge in [0.15, 0.2) is 0 Å². The molecule has 0 radical (unpaired) electrons. The van der Waals surface area contributed by atoms with Gasteiger partial charge in [-0.05, 0) is 13.8 Å². The van der Waals surface area contributed by atoms with Crippen molar-refractivity contribution in [1.82, 2.24) is 15.2 Å². The maximum absolute atomic E-state index is 12.3. The number of hydrogen-bond acceptors (Lipinski definition) is 6. The van der Waals surface area contributed by atoms with E-state index >= 15 is 0 Å². The maximum Gasteiger partial charge on any atom is 0.253 e. The predicted octanol–water partition coefficient (Wildman–Crippen LogP) is 1.19. The number of amides is 1. The smallest absolute Gasteiger partial charge is 0.253 e. The number of morpholine rings is 1. The third-order valence-corrected chi connectivity index (χ3v) is 4.37. The summed E-state index contributed by atoms with van der Waals surface area (Å²) in [5.41, 5.74) is 0.890. The van der Waals surface area contributed by atoms with Crippen LogP contribution in [0.4, 0.5) is 0 Å². The van der Waals surface area contributed by atoms with Gasteiger partial charge in [0.2, 0.25) is 0 Å². The van der Waals surface area contributed by atoms with E-state index in [1.165, 1.54) is 0 Å². The highest BCUT2D eigenvalue weighted by Crippen LogP contribution is 2.21. The molecule has 0 aliphatic carbocycles. The molecule has 0 saturated carbocycles. The Bertz CT molecular complexity index is 460. The van der Waals surface area contributed by atoms with Gasteiger partial charge < -0.3 is 19.7 Å². The lowest BCUT2D eigenvalue weighted by atomic mass is 10.2. The normalized spacial score (nSPS) is 20.2. The molecule has 1 fully saturated rings. The van der Waals surface area contributed by atoms with Crippen LogP contribution in [0.25, 0.3) is 0 Å². The Hall–Kier alpha value is -1.02. The fraction of sp³-hybridized carbons (Fsp3) is 0.714. The molecule has 2 heterocycles. The molecular formula is C14H23N3O3S. The van der Waals surface area contributed by atoms with Gasteiger partial charge in [-0.15, -0.1) is 11.3 Å². The summed E-state index contributed by atoms with van der Waals surface area (Å²) in [6.45, 7) is 7.08. The van der Waals surface area contributed by atoms with Gasteiger partial charge in [-0.25, -0.2) is 4.98 Å². The zero-order valence-corrected chi connectivity index (χ0v) is 13.6. The van der Waals surface area contributed by atoms with Gasteiger partial charge in [0, 0.05) is 32.1 Å². The second kappa shape index (κ2) is 7.84. The lowest BCUT2D eigenvalue weighted by Gasteiger charge is -2.26. The van der Waals surface area contributed by atoms with Crippen LogP contribution in [0.3, 0.4) is 0 Å². The minimum absolute atomic E-state index is 0.000588. The zero-order chi connectivity index (χ0) is 15.2. The largest absolute Gasteiger partial charge is 0.372 e. The molecule has 1 aliphatic rings. The van der Waals surface area contributed by atoms with E-state index in [0.29, 0.717) is 26.3 Å². The molecule has 2 unspecified atom stereocenters. The van der Waals surface area contributed by atoms with E-state index in [1.54, 1.807) is 23.3 Å². The van der Waals surface area contributed by atoms with Crippen LogP contribution in [0, 0.1) is 0 Å². The Morgan fingerprint density at radius 3 is 3.19 bits per heavy atom. The van der Waals surface area contributed by atoms with E-state index in [4.69, 9.17) is 9.47 Å². The molecule has 6 nitrogen and oxygen atoms in total. The number of likely N-dealkylation sites (N-methyl/N-ethyl adjacent to an activating group) is 1. The van der Waals surface area contributed by atoms with Crippen molar-refractivity contribution in [3.05, 3.63) is 16.1 Å². The molecule has 1 amide bonds. The standard InChI is InChI=1S/C14H23N3O3S/c1-4-19-10(2)13-16-11(9-21-13)8-17(3)14(18)12-7-15-5-6-20-12/h9-10,12,15H,4-8H2,1-3H3. The van der Waals surface area contributed by atoms with Crippen LogP contribution >= 0.6 is 11.3 Å². The van der Waals surface area contributed by atoms with Gasteiger partial charge in [0.05, 0.1) is 18.8 Å². The van der Waals surface area contributed by atoms with Crippen molar-refractivity contribution >= 4 is 17.2 Å². The highest BCUT2D eigenvalue weighted by atomic mass is 32.1. The van der Waals surface area contributed by atoms with Gasteiger partial charge >= 0.3 is 0 Å².